The molecule has 1 atom stereocenters. The highest BCUT2D eigenvalue weighted by Crippen LogP contribution is 2.18. The molecule has 0 bridgehead atoms. The summed E-state index contributed by atoms with van der Waals surface area (Å²) in [7, 11) is 0. The Morgan fingerprint density at radius 1 is 1.21 bits per heavy atom. The number of anilines is 1. The Labute approximate surface area is 114 Å². The molecule has 1 aliphatic rings. The average Bonchev–Trinajstić information content (AvgIpc) is 2.46. The van der Waals surface area contributed by atoms with Gasteiger partial charge >= 0.3 is 0 Å². The first-order chi connectivity index (χ1) is 9.11. The molecule has 0 N–H and O–H groups in total. The summed E-state index contributed by atoms with van der Waals surface area (Å²) in [4.78, 5) is 16.2. The van der Waals surface area contributed by atoms with Crippen molar-refractivity contribution in [2.45, 2.75) is 20.3 Å². The van der Waals surface area contributed by atoms with Gasteiger partial charge in [-0.3, -0.25) is 4.79 Å². The number of hydrogen-bond donors (Lipinski definition) is 0. The van der Waals surface area contributed by atoms with Crippen LogP contribution in [0.1, 0.15) is 20.3 Å². The molecule has 0 unspecified atom stereocenters. The SMILES string of the molecule is CC[C@H](C)C(=O)N1CCN(c2ccc(F)cc2)CC1. The number of hydrogen-bond acceptors (Lipinski definition) is 2. The second-order valence-electron chi connectivity index (χ2n) is 5.10. The molecule has 0 aromatic heterocycles. The van der Waals surface area contributed by atoms with E-state index in [0.29, 0.717) is 0 Å². The fraction of sp³-hybridized carbons (Fsp3) is 0.533. The first kappa shape index (κ1) is 13.8. The molecular weight excluding hydrogens is 243 g/mol. The van der Waals surface area contributed by atoms with Crippen LogP contribution in [0.3, 0.4) is 0 Å². The van der Waals surface area contributed by atoms with E-state index < -0.39 is 0 Å². The van der Waals surface area contributed by atoms with Gasteiger partial charge in [-0.15, -0.1) is 0 Å². The van der Waals surface area contributed by atoms with Gasteiger partial charge < -0.3 is 9.80 Å². The van der Waals surface area contributed by atoms with Crippen molar-refractivity contribution in [3.8, 4) is 0 Å². The molecule has 1 amide bonds. The van der Waals surface area contributed by atoms with Crippen molar-refractivity contribution in [2.24, 2.45) is 5.92 Å². The lowest BCUT2D eigenvalue weighted by Gasteiger charge is -2.37. The maximum Gasteiger partial charge on any atom is 0.225 e. The van der Waals surface area contributed by atoms with Crippen molar-refractivity contribution in [1.82, 2.24) is 4.90 Å². The molecule has 104 valence electrons. The molecule has 0 aliphatic carbocycles. The number of benzene rings is 1. The number of carbonyl (C=O) groups excluding carboxylic acids is 1. The Morgan fingerprint density at radius 3 is 2.32 bits per heavy atom. The zero-order valence-electron chi connectivity index (χ0n) is 11.6. The lowest BCUT2D eigenvalue weighted by Crippen LogP contribution is -2.50. The summed E-state index contributed by atoms with van der Waals surface area (Å²) in [6.45, 7) is 7.15. The molecule has 1 aromatic carbocycles. The van der Waals surface area contributed by atoms with E-state index in [1.165, 1.54) is 12.1 Å². The molecule has 2 rings (SSSR count). The van der Waals surface area contributed by atoms with Crippen LogP contribution in [0.25, 0.3) is 0 Å². The molecule has 1 fully saturated rings. The summed E-state index contributed by atoms with van der Waals surface area (Å²) in [5, 5.41) is 0. The monoisotopic (exact) mass is 264 g/mol. The Balaban J connectivity index is 1.92. The smallest absolute Gasteiger partial charge is 0.225 e. The van der Waals surface area contributed by atoms with Crippen molar-refractivity contribution in [2.75, 3.05) is 31.1 Å². The van der Waals surface area contributed by atoms with Gasteiger partial charge in [0, 0.05) is 37.8 Å². The highest BCUT2D eigenvalue weighted by molar-refractivity contribution is 5.78. The molecule has 0 radical (unpaired) electrons. The average molecular weight is 264 g/mol. The second-order valence-corrected chi connectivity index (χ2v) is 5.10. The lowest BCUT2D eigenvalue weighted by molar-refractivity contribution is -0.135. The quantitative estimate of drug-likeness (QED) is 0.837. The van der Waals surface area contributed by atoms with Crippen LogP contribution in [0, 0.1) is 11.7 Å². The molecule has 1 aromatic rings. The molecular formula is C15H21FN2O. The van der Waals surface area contributed by atoms with Crippen LogP contribution in [0.2, 0.25) is 0 Å². The van der Waals surface area contributed by atoms with E-state index >= 15 is 0 Å². The van der Waals surface area contributed by atoms with Crippen LogP contribution in [0.15, 0.2) is 24.3 Å². The van der Waals surface area contributed by atoms with Crippen molar-refractivity contribution >= 4 is 11.6 Å². The van der Waals surface area contributed by atoms with Gasteiger partial charge in [-0.1, -0.05) is 13.8 Å². The van der Waals surface area contributed by atoms with E-state index in [2.05, 4.69) is 4.90 Å². The maximum atomic E-state index is 12.9. The van der Waals surface area contributed by atoms with E-state index in [0.717, 1.165) is 38.3 Å². The Bertz CT molecular complexity index is 424. The zero-order valence-corrected chi connectivity index (χ0v) is 11.6. The van der Waals surface area contributed by atoms with Gasteiger partial charge in [0.15, 0.2) is 0 Å². The first-order valence-electron chi connectivity index (χ1n) is 6.91. The predicted molar refractivity (Wildman–Crippen MR) is 74.6 cm³/mol. The van der Waals surface area contributed by atoms with Crippen molar-refractivity contribution in [3.05, 3.63) is 30.1 Å². The van der Waals surface area contributed by atoms with Gasteiger partial charge in [0.1, 0.15) is 5.82 Å². The lowest BCUT2D eigenvalue weighted by atomic mass is 10.1. The van der Waals surface area contributed by atoms with Gasteiger partial charge in [-0.2, -0.15) is 0 Å². The highest BCUT2D eigenvalue weighted by atomic mass is 19.1. The summed E-state index contributed by atoms with van der Waals surface area (Å²) >= 11 is 0. The Morgan fingerprint density at radius 2 is 1.79 bits per heavy atom. The van der Waals surface area contributed by atoms with Gasteiger partial charge in [0.05, 0.1) is 0 Å². The third-order valence-electron chi connectivity index (χ3n) is 3.82. The van der Waals surface area contributed by atoms with Crippen LogP contribution in [0.5, 0.6) is 0 Å². The Hall–Kier alpha value is -1.58. The van der Waals surface area contributed by atoms with Crippen LogP contribution in [-0.4, -0.2) is 37.0 Å². The van der Waals surface area contributed by atoms with Crippen LogP contribution in [-0.2, 0) is 4.79 Å². The van der Waals surface area contributed by atoms with Crippen LogP contribution in [0.4, 0.5) is 10.1 Å². The molecule has 4 heteroatoms. The molecule has 3 nitrogen and oxygen atoms in total. The van der Waals surface area contributed by atoms with Crippen LogP contribution >= 0.6 is 0 Å². The number of halogens is 1. The van der Waals surface area contributed by atoms with Crippen molar-refractivity contribution < 1.29 is 9.18 Å². The molecule has 19 heavy (non-hydrogen) atoms. The predicted octanol–water partition coefficient (Wildman–Crippen LogP) is 2.52. The largest absolute Gasteiger partial charge is 0.368 e. The van der Waals surface area contributed by atoms with Crippen LogP contribution < -0.4 is 4.90 Å². The molecule has 0 saturated carbocycles. The highest BCUT2D eigenvalue weighted by Gasteiger charge is 2.23. The van der Waals surface area contributed by atoms with Gasteiger partial charge in [-0.05, 0) is 30.7 Å². The number of amides is 1. The Kier molecular flexibility index (Phi) is 4.40. The standard InChI is InChI=1S/C15H21FN2O/c1-3-12(2)15(19)18-10-8-17(9-11-18)14-6-4-13(16)5-7-14/h4-7,12H,3,8-11H2,1-2H3/t12-/m0/s1. The van der Waals surface area contributed by atoms with Crippen molar-refractivity contribution in [1.29, 1.82) is 0 Å². The number of piperazine rings is 1. The first-order valence-corrected chi connectivity index (χ1v) is 6.91. The van der Waals surface area contributed by atoms with E-state index in [9.17, 15) is 9.18 Å². The summed E-state index contributed by atoms with van der Waals surface area (Å²) in [6, 6.07) is 6.54. The summed E-state index contributed by atoms with van der Waals surface area (Å²) in [5.74, 6) is 0.146. The normalized spacial score (nSPS) is 17.4. The van der Waals surface area contributed by atoms with E-state index in [1.54, 1.807) is 12.1 Å². The van der Waals surface area contributed by atoms with Gasteiger partial charge in [0.2, 0.25) is 5.91 Å². The molecule has 1 saturated heterocycles. The fourth-order valence-electron chi connectivity index (χ4n) is 2.32. The third kappa shape index (κ3) is 3.25. The van der Waals surface area contributed by atoms with E-state index in [4.69, 9.17) is 0 Å². The summed E-state index contributed by atoms with van der Waals surface area (Å²) < 4.78 is 12.9. The minimum absolute atomic E-state index is 0.109. The van der Waals surface area contributed by atoms with Crippen molar-refractivity contribution in [3.63, 3.8) is 0 Å². The van der Waals surface area contributed by atoms with Gasteiger partial charge in [0.25, 0.3) is 0 Å². The third-order valence-corrected chi connectivity index (χ3v) is 3.82. The minimum Gasteiger partial charge on any atom is -0.368 e. The summed E-state index contributed by atoms with van der Waals surface area (Å²) in [5.41, 5.74) is 1.03. The fourth-order valence-corrected chi connectivity index (χ4v) is 2.32. The van der Waals surface area contributed by atoms with E-state index in [-0.39, 0.29) is 17.6 Å². The maximum absolute atomic E-state index is 12.9. The second kappa shape index (κ2) is 6.04. The number of nitrogens with zero attached hydrogens (tertiary/aromatic N) is 2. The topological polar surface area (TPSA) is 23.6 Å². The molecule has 1 heterocycles. The summed E-state index contributed by atoms with van der Waals surface area (Å²) in [6.07, 6.45) is 0.886. The molecule has 0 spiro atoms. The minimum atomic E-state index is -0.214. The zero-order chi connectivity index (χ0) is 13.8. The van der Waals surface area contributed by atoms with E-state index in [1.807, 2.05) is 18.7 Å². The van der Waals surface area contributed by atoms with Gasteiger partial charge in [-0.25, -0.2) is 4.39 Å². The number of carbonyl (C=O) groups is 1. The molecule has 1 aliphatic heterocycles. The number of rotatable bonds is 3.